The van der Waals surface area contributed by atoms with E-state index in [0.29, 0.717) is 6.04 Å². The van der Waals surface area contributed by atoms with Gasteiger partial charge in [-0.3, -0.25) is 4.98 Å². The van der Waals surface area contributed by atoms with Crippen LogP contribution in [0.1, 0.15) is 25.3 Å². The van der Waals surface area contributed by atoms with Crippen molar-refractivity contribution in [3.8, 4) is 0 Å². The summed E-state index contributed by atoms with van der Waals surface area (Å²) in [6.07, 6.45) is 7.57. The third kappa shape index (κ3) is 4.07. The molecule has 0 saturated carbocycles. The number of nitrogens with one attached hydrogen (secondary N) is 1. The number of hydrogen-bond donors (Lipinski definition) is 1. The molecule has 1 aromatic heterocycles. The molecule has 1 fully saturated rings. The molecule has 2 heterocycles. The highest BCUT2D eigenvalue weighted by Crippen LogP contribution is 2.18. The van der Waals surface area contributed by atoms with Crippen LogP contribution >= 0.6 is 0 Å². The van der Waals surface area contributed by atoms with Gasteiger partial charge in [0.2, 0.25) is 0 Å². The van der Waals surface area contributed by atoms with Gasteiger partial charge in [-0.25, -0.2) is 0 Å². The second-order valence-corrected chi connectivity index (χ2v) is 5.52. The Morgan fingerprint density at radius 1 is 1.56 bits per heavy atom. The molecule has 1 aliphatic rings. The number of pyridine rings is 1. The van der Waals surface area contributed by atoms with Crippen LogP contribution in [-0.2, 0) is 6.42 Å². The van der Waals surface area contributed by atoms with Gasteiger partial charge in [-0.15, -0.1) is 0 Å². The first-order valence-electron chi connectivity index (χ1n) is 7.06. The molecular weight excluding hydrogens is 222 g/mol. The molecule has 3 nitrogen and oxygen atoms in total. The van der Waals surface area contributed by atoms with E-state index in [9.17, 15) is 0 Å². The number of aromatic nitrogens is 1. The third-order valence-corrected chi connectivity index (χ3v) is 3.97. The van der Waals surface area contributed by atoms with Gasteiger partial charge in [-0.1, -0.05) is 6.07 Å². The van der Waals surface area contributed by atoms with Crippen molar-refractivity contribution in [2.45, 2.75) is 32.2 Å². The Labute approximate surface area is 111 Å². The van der Waals surface area contributed by atoms with Gasteiger partial charge in [0.15, 0.2) is 0 Å². The number of hydrogen-bond acceptors (Lipinski definition) is 3. The van der Waals surface area contributed by atoms with Crippen LogP contribution in [0.3, 0.4) is 0 Å². The van der Waals surface area contributed by atoms with E-state index in [-0.39, 0.29) is 0 Å². The quantitative estimate of drug-likeness (QED) is 0.862. The molecule has 2 unspecified atom stereocenters. The molecule has 0 aliphatic carbocycles. The minimum absolute atomic E-state index is 0.615. The van der Waals surface area contributed by atoms with Crippen LogP contribution in [-0.4, -0.2) is 42.6 Å². The summed E-state index contributed by atoms with van der Waals surface area (Å²) in [6, 6.07) is 4.77. The van der Waals surface area contributed by atoms with Crippen molar-refractivity contribution in [3.63, 3.8) is 0 Å². The standard InChI is InChI=1S/C15H25N3/c1-13(15-6-4-10-18(2)12-15)17-9-7-14-5-3-8-16-11-14/h3,5,8,11,13,15,17H,4,6-7,9-10,12H2,1-2H3. The summed E-state index contributed by atoms with van der Waals surface area (Å²) < 4.78 is 0. The SMILES string of the molecule is CC(NCCc1cccnc1)C1CCCN(C)C1. The lowest BCUT2D eigenvalue weighted by Crippen LogP contribution is -2.43. The van der Waals surface area contributed by atoms with E-state index in [0.717, 1.165) is 18.9 Å². The third-order valence-electron chi connectivity index (χ3n) is 3.97. The monoisotopic (exact) mass is 247 g/mol. The molecule has 0 amide bonds. The van der Waals surface area contributed by atoms with E-state index in [4.69, 9.17) is 0 Å². The van der Waals surface area contributed by atoms with E-state index >= 15 is 0 Å². The van der Waals surface area contributed by atoms with Crippen molar-refractivity contribution in [1.82, 2.24) is 15.2 Å². The lowest BCUT2D eigenvalue weighted by atomic mass is 9.92. The summed E-state index contributed by atoms with van der Waals surface area (Å²) in [5, 5.41) is 3.67. The van der Waals surface area contributed by atoms with E-state index in [1.165, 1.54) is 31.5 Å². The molecule has 18 heavy (non-hydrogen) atoms. The average molecular weight is 247 g/mol. The first kappa shape index (κ1) is 13.5. The second-order valence-electron chi connectivity index (χ2n) is 5.52. The molecule has 2 atom stereocenters. The van der Waals surface area contributed by atoms with Crippen LogP contribution in [0.25, 0.3) is 0 Å². The van der Waals surface area contributed by atoms with Gasteiger partial charge >= 0.3 is 0 Å². The Bertz CT molecular complexity index is 339. The van der Waals surface area contributed by atoms with Crippen molar-refractivity contribution in [2.24, 2.45) is 5.92 Å². The zero-order valence-electron chi connectivity index (χ0n) is 11.6. The van der Waals surface area contributed by atoms with Crippen LogP contribution in [0.5, 0.6) is 0 Å². The molecule has 0 aromatic carbocycles. The highest BCUT2D eigenvalue weighted by Gasteiger charge is 2.21. The van der Waals surface area contributed by atoms with E-state index in [1.54, 1.807) is 0 Å². The molecule has 1 N–H and O–H groups in total. The highest BCUT2D eigenvalue weighted by atomic mass is 15.1. The van der Waals surface area contributed by atoms with Gasteiger partial charge in [0, 0.05) is 25.0 Å². The molecule has 0 bridgehead atoms. The molecule has 100 valence electrons. The molecule has 2 rings (SSSR count). The molecule has 3 heteroatoms. The Morgan fingerprint density at radius 2 is 2.44 bits per heavy atom. The van der Waals surface area contributed by atoms with Gasteiger partial charge in [0.05, 0.1) is 0 Å². The maximum absolute atomic E-state index is 4.15. The first-order valence-corrected chi connectivity index (χ1v) is 7.06. The zero-order valence-corrected chi connectivity index (χ0v) is 11.6. The highest BCUT2D eigenvalue weighted by molar-refractivity contribution is 5.08. The number of nitrogens with zero attached hydrogens (tertiary/aromatic N) is 2. The average Bonchev–Trinajstić information content (AvgIpc) is 2.40. The fourth-order valence-electron chi connectivity index (χ4n) is 2.77. The van der Waals surface area contributed by atoms with Crippen molar-refractivity contribution in [1.29, 1.82) is 0 Å². The minimum atomic E-state index is 0.615. The largest absolute Gasteiger partial charge is 0.314 e. The second kappa shape index (κ2) is 6.86. The summed E-state index contributed by atoms with van der Waals surface area (Å²) in [7, 11) is 2.23. The number of piperidine rings is 1. The van der Waals surface area contributed by atoms with Crippen LogP contribution < -0.4 is 5.32 Å². The van der Waals surface area contributed by atoms with Crippen LogP contribution in [0.2, 0.25) is 0 Å². The lowest BCUT2D eigenvalue weighted by molar-refractivity contribution is 0.179. The molecule has 1 aromatic rings. The topological polar surface area (TPSA) is 28.2 Å². The summed E-state index contributed by atoms with van der Waals surface area (Å²) in [4.78, 5) is 6.60. The smallest absolute Gasteiger partial charge is 0.0300 e. The summed E-state index contributed by atoms with van der Waals surface area (Å²) in [6.45, 7) is 5.88. The zero-order chi connectivity index (χ0) is 12.8. The van der Waals surface area contributed by atoms with Crippen LogP contribution in [0, 0.1) is 5.92 Å². The Balaban J connectivity index is 1.70. The van der Waals surface area contributed by atoms with Gasteiger partial charge in [-0.2, -0.15) is 0 Å². The minimum Gasteiger partial charge on any atom is -0.314 e. The molecule has 0 spiro atoms. The predicted molar refractivity (Wildman–Crippen MR) is 75.6 cm³/mol. The van der Waals surface area contributed by atoms with Crippen molar-refractivity contribution >= 4 is 0 Å². The van der Waals surface area contributed by atoms with Crippen molar-refractivity contribution in [2.75, 3.05) is 26.7 Å². The van der Waals surface area contributed by atoms with Crippen LogP contribution in [0.4, 0.5) is 0 Å². The number of likely N-dealkylation sites (tertiary alicyclic amines) is 1. The maximum atomic E-state index is 4.15. The summed E-state index contributed by atoms with van der Waals surface area (Å²) in [5.41, 5.74) is 1.32. The fourth-order valence-corrected chi connectivity index (χ4v) is 2.77. The van der Waals surface area contributed by atoms with Crippen molar-refractivity contribution < 1.29 is 0 Å². The summed E-state index contributed by atoms with van der Waals surface area (Å²) in [5.74, 6) is 0.803. The Kier molecular flexibility index (Phi) is 5.14. The van der Waals surface area contributed by atoms with Crippen LogP contribution in [0.15, 0.2) is 24.5 Å². The lowest BCUT2D eigenvalue weighted by Gasteiger charge is -2.34. The van der Waals surface area contributed by atoms with E-state index < -0.39 is 0 Å². The Morgan fingerprint density at radius 3 is 3.17 bits per heavy atom. The van der Waals surface area contributed by atoms with E-state index in [2.05, 4.69) is 35.2 Å². The number of rotatable bonds is 5. The predicted octanol–water partition coefficient (Wildman–Crippen LogP) is 1.94. The van der Waals surface area contributed by atoms with E-state index in [1.807, 2.05) is 18.5 Å². The van der Waals surface area contributed by atoms with Crippen molar-refractivity contribution in [3.05, 3.63) is 30.1 Å². The Hall–Kier alpha value is -0.930. The first-order chi connectivity index (χ1) is 8.75. The maximum Gasteiger partial charge on any atom is 0.0300 e. The molecular formula is C15H25N3. The molecule has 1 saturated heterocycles. The normalized spacial score (nSPS) is 22.9. The molecule has 1 aliphatic heterocycles. The summed E-state index contributed by atoms with van der Waals surface area (Å²) >= 11 is 0. The van der Waals surface area contributed by atoms with Gasteiger partial charge < -0.3 is 10.2 Å². The van der Waals surface area contributed by atoms with Gasteiger partial charge in [-0.05, 0) is 63.9 Å². The van der Waals surface area contributed by atoms with Gasteiger partial charge in [0.1, 0.15) is 0 Å². The fraction of sp³-hybridized carbons (Fsp3) is 0.667. The molecule has 0 radical (unpaired) electrons. The van der Waals surface area contributed by atoms with Gasteiger partial charge in [0.25, 0.3) is 0 Å².